The number of carbonyl (C=O) groups excluding carboxylic acids is 2. The maximum Gasteiger partial charge on any atom is 0.333 e. The molecule has 0 saturated carbocycles. The van der Waals surface area contributed by atoms with Gasteiger partial charge in [-0.2, -0.15) is 0 Å². The number of esters is 2. The fraction of sp³-hybridized carbons (Fsp3) is 0.667. The predicted octanol–water partition coefficient (Wildman–Crippen LogP) is 3.76. The van der Waals surface area contributed by atoms with Crippen LogP contribution in [0.5, 0.6) is 0 Å². The fourth-order valence-electron chi connectivity index (χ4n) is 2.61. The highest BCUT2D eigenvalue weighted by atomic mass is 29.3. The van der Waals surface area contributed by atoms with Gasteiger partial charge in [0.15, 0.2) is 7.83 Å². The van der Waals surface area contributed by atoms with E-state index in [0.29, 0.717) is 17.6 Å². The Morgan fingerprint density at radius 1 is 1.12 bits per heavy atom. The second-order valence-corrected chi connectivity index (χ2v) is 23.2. The van der Waals surface area contributed by atoms with E-state index < -0.39 is 33.5 Å². The summed E-state index contributed by atoms with van der Waals surface area (Å²) in [6, 6.07) is 1.16. The van der Waals surface area contributed by atoms with Crippen LogP contribution < -0.4 is 0 Å². The summed E-state index contributed by atoms with van der Waals surface area (Å²) in [6.45, 7) is 19.9. The summed E-state index contributed by atoms with van der Waals surface area (Å²) in [5.41, 5.74) is 0.705. The Hall–Kier alpha value is -1.19. The third-order valence-electron chi connectivity index (χ3n) is 5.14. The molecule has 0 aliphatic carbocycles. The maximum absolute atomic E-state index is 12.0. The van der Waals surface area contributed by atoms with Gasteiger partial charge in [-0.1, -0.05) is 32.3 Å². The summed E-state index contributed by atoms with van der Waals surface area (Å²) in [5, 5.41) is 0. The Morgan fingerprint density at radius 3 is 2.16 bits per heavy atom. The van der Waals surface area contributed by atoms with Crippen molar-refractivity contribution < 1.29 is 23.5 Å². The summed E-state index contributed by atoms with van der Waals surface area (Å²) in [7, 11) is -3.17. The first kappa shape index (κ1) is 21.9. The molecule has 1 fully saturated rings. The van der Waals surface area contributed by atoms with E-state index in [4.69, 9.17) is 13.9 Å². The molecule has 0 amide bonds. The molecule has 0 aromatic rings. The molecule has 25 heavy (non-hydrogen) atoms. The lowest BCUT2D eigenvalue weighted by Crippen LogP contribution is -2.63. The second-order valence-electron chi connectivity index (χ2n) is 8.02. The molecule has 1 aliphatic heterocycles. The van der Waals surface area contributed by atoms with Crippen molar-refractivity contribution in [3.63, 3.8) is 0 Å². The van der Waals surface area contributed by atoms with E-state index in [-0.39, 0.29) is 12.7 Å². The number of carbonyl (C=O) groups is 2. The van der Waals surface area contributed by atoms with E-state index in [0.717, 1.165) is 12.5 Å². The van der Waals surface area contributed by atoms with Crippen molar-refractivity contribution in [2.45, 2.75) is 71.1 Å². The molecular formula is C18H32O5Si2. The molecule has 142 valence electrons. The normalized spacial score (nSPS) is 22.6. The molecule has 2 unspecified atom stereocenters. The molecule has 1 heterocycles. The Morgan fingerprint density at radius 2 is 1.68 bits per heavy atom. The average molecular weight is 385 g/mol. The quantitative estimate of drug-likeness (QED) is 0.380. The van der Waals surface area contributed by atoms with Crippen LogP contribution in [0, 0.1) is 0 Å². The maximum atomic E-state index is 12.0. The summed E-state index contributed by atoms with van der Waals surface area (Å²) in [5.74, 6) is -0.862. The lowest BCUT2D eigenvalue weighted by Gasteiger charge is -2.47. The molecule has 0 spiro atoms. The van der Waals surface area contributed by atoms with Crippen molar-refractivity contribution in [3.8, 4) is 0 Å². The van der Waals surface area contributed by atoms with Crippen molar-refractivity contribution in [2.75, 3.05) is 6.61 Å². The molecule has 1 aliphatic rings. The van der Waals surface area contributed by atoms with Gasteiger partial charge in [0.05, 0.1) is 20.3 Å². The van der Waals surface area contributed by atoms with Crippen LogP contribution in [0.15, 0.2) is 24.3 Å². The van der Waals surface area contributed by atoms with Gasteiger partial charge in [-0.25, -0.2) is 9.59 Å². The highest BCUT2D eigenvalue weighted by molar-refractivity contribution is 7.38. The van der Waals surface area contributed by atoms with Gasteiger partial charge < -0.3 is 13.9 Å². The van der Waals surface area contributed by atoms with E-state index in [9.17, 15) is 9.59 Å². The molecule has 1 saturated heterocycles. The van der Waals surface area contributed by atoms with Crippen molar-refractivity contribution in [1.29, 1.82) is 0 Å². The summed E-state index contributed by atoms with van der Waals surface area (Å²) in [6.07, 6.45) is 0.709. The molecule has 7 heteroatoms. The first-order valence-corrected chi connectivity index (χ1v) is 15.9. The number of ether oxygens (including phenoxy) is 2. The highest BCUT2D eigenvalue weighted by Crippen LogP contribution is 2.35. The van der Waals surface area contributed by atoms with Crippen molar-refractivity contribution in [1.82, 2.24) is 0 Å². The van der Waals surface area contributed by atoms with Crippen LogP contribution in [0.4, 0.5) is 0 Å². The predicted molar refractivity (Wildman–Crippen MR) is 104 cm³/mol. The van der Waals surface area contributed by atoms with Crippen LogP contribution in [0.3, 0.4) is 0 Å². The smallest absolute Gasteiger partial charge is 0.333 e. The first-order valence-electron chi connectivity index (χ1n) is 8.74. The van der Waals surface area contributed by atoms with Gasteiger partial charge in [0.2, 0.25) is 0 Å². The monoisotopic (exact) mass is 384 g/mol. The number of rotatable bonds is 7. The summed E-state index contributed by atoms with van der Waals surface area (Å²) >= 11 is 0. The molecule has 0 N–H and O–H groups in total. The molecule has 0 aromatic carbocycles. The minimum Gasteiger partial charge on any atom is -0.462 e. The van der Waals surface area contributed by atoms with E-state index >= 15 is 0 Å². The molecular weight excluding hydrogens is 352 g/mol. The van der Waals surface area contributed by atoms with Gasteiger partial charge in [0.25, 0.3) is 0 Å². The van der Waals surface area contributed by atoms with Gasteiger partial charge in [0, 0.05) is 17.6 Å². The van der Waals surface area contributed by atoms with Crippen molar-refractivity contribution >= 4 is 27.4 Å². The third kappa shape index (κ3) is 5.93. The molecule has 5 nitrogen and oxygen atoms in total. The van der Waals surface area contributed by atoms with Crippen LogP contribution in [0.2, 0.25) is 32.2 Å². The number of hydrogen-bond donors (Lipinski definition) is 0. The van der Waals surface area contributed by atoms with E-state index in [2.05, 4.69) is 39.3 Å². The Balaban J connectivity index is 2.80. The van der Waals surface area contributed by atoms with Crippen LogP contribution in [0.25, 0.3) is 0 Å². The second kappa shape index (κ2) is 8.46. The number of hydrogen-bond acceptors (Lipinski definition) is 5. The minimum atomic E-state index is -1.80. The topological polar surface area (TPSA) is 61.8 Å². The summed E-state index contributed by atoms with van der Waals surface area (Å²) < 4.78 is 17.3. The molecule has 1 rings (SSSR count). The summed E-state index contributed by atoms with van der Waals surface area (Å²) in [4.78, 5) is 23.6. The minimum absolute atomic E-state index is 0.144. The fourth-order valence-corrected chi connectivity index (χ4v) is 9.22. The molecule has 0 radical (unpaired) electrons. The molecule has 0 aromatic heterocycles. The van der Waals surface area contributed by atoms with Crippen molar-refractivity contribution in [2.24, 2.45) is 0 Å². The standard InChI is InChI=1S/C18H32O5Si2/c1-13(2)17(19)21-11-9-15(22-18(20)14(3)4)16-10-12-24(5,6)25(7,8)23-16/h15-16H,1,3,9-12H2,2,4-8H3. The lowest BCUT2D eigenvalue weighted by molar-refractivity contribution is -0.152. The zero-order valence-corrected chi connectivity index (χ0v) is 18.4. The lowest BCUT2D eigenvalue weighted by atomic mass is 10.1. The van der Waals surface area contributed by atoms with E-state index in [1.807, 2.05) is 0 Å². The highest BCUT2D eigenvalue weighted by Gasteiger charge is 2.49. The SMILES string of the molecule is C=C(C)C(=O)OCCC(OC(=O)C(=C)C)C1CC[Si](C)(C)[Si](C)(C)O1. The van der Waals surface area contributed by atoms with Crippen molar-refractivity contribution in [3.05, 3.63) is 24.3 Å². The Kier molecular flexibility index (Phi) is 7.40. The first-order chi connectivity index (χ1) is 11.4. The average Bonchev–Trinajstić information content (AvgIpc) is 2.48. The van der Waals surface area contributed by atoms with Gasteiger partial charge in [-0.05, 0) is 33.4 Å². The van der Waals surface area contributed by atoms with Gasteiger partial charge in [-0.3, -0.25) is 0 Å². The Bertz CT molecular complexity index is 554. The molecule has 2 atom stereocenters. The van der Waals surface area contributed by atoms with Crippen LogP contribution >= 0.6 is 0 Å². The molecule has 0 bridgehead atoms. The van der Waals surface area contributed by atoms with E-state index in [1.54, 1.807) is 13.8 Å². The largest absolute Gasteiger partial charge is 0.462 e. The van der Waals surface area contributed by atoms with Crippen LogP contribution in [-0.2, 0) is 23.5 Å². The van der Waals surface area contributed by atoms with Gasteiger partial charge in [-0.15, -0.1) is 0 Å². The zero-order valence-electron chi connectivity index (χ0n) is 16.4. The Labute approximate surface area is 153 Å². The van der Waals surface area contributed by atoms with Gasteiger partial charge in [0.1, 0.15) is 6.10 Å². The van der Waals surface area contributed by atoms with Gasteiger partial charge >= 0.3 is 11.9 Å². The third-order valence-corrected chi connectivity index (χ3v) is 21.7. The zero-order chi connectivity index (χ0) is 19.4. The van der Waals surface area contributed by atoms with E-state index in [1.165, 1.54) is 0 Å². The van der Waals surface area contributed by atoms with Crippen LogP contribution in [-0.4, -0.2) is 46.2 Å². The van der Waals surface area contributed by atoms with Crippen LogP contribution in [0.1, 0.15) is 26.7 Å².